The fourth-order valence-electron chi connectivity index (χ4n) is 3.63. The fraction of sp³-hybridized carbons (Fsp3) is 0.286. The van der Waals surface area contributed by atoms with Crippen LogP contribution in [0.5, 0.6) is 0 Å². The summed E-state index contributed by atoms with van der Waals surface area (Å²) in [5, 5.41) is 13.4. The number of fused-ring (bicyclic) bond motifs is 2. The van der Waals surface area contributed by atoms with Gasteiger partial charge in [-0.25, -0.2) is 8.91 Å². The minimum Gasteiger partial charge on any atom is -0.277 e. The molecule has 1 aromatic carbocycles. The summed E-state index contributed by atoms with van der Waals surface area (Å²) >= 11 is 0. The molecular weight excluding hydrogens is 346 g/mol. The molecule has 0 amide bonds. The normalized spacial score (nSPS) is 17.3. The van der Waals surface area contributed by atoms with Gasteiger partial charge in [0.1, 0.15) is 11.9 Å². The van der Waals surface area contributed by atoms with Crippen LogP contribution >= 0.6 is 0 Å². The molecule has 0 bridgehead atoms. The van der Waals surface area contributed by atoms with E-state index in [4.69, 9.17) is 4.99 Å². The molecule has 4 nitrogen and oxygen atoms in total. The molecule has 0 saturated carbocycles. The zero-order valence-corrected chi connectivity index (χ0v) is 15.5. The summed E-state index contributed by atoms with van der Waals surface area (Å²) < 4.78 is 29.8. The van der Waals surface area contributed by atoms with E-state index in [1.807, 2.05) is 39.8 Å². The number of nitriles is 1. The molecular formula is C21H18F2N4. The molecule has 0 unspecified atom stereocenters. The lowest BCUT2D eigenvalue weighted by molar-refractivity contribution is 0.293. The minimum absolute atomic E-state index is 0.192. The van der Waals surface area contributed by atoms with Crippen molar-refractivity contribution in [3.63, 3.8) is 0 Å². The molecule has 4 rings (SSSR count). The van der Waals surface area contributed by atoms with Crippen molar-refractivity contribution < 1.29 is 8.78 Å². The second-order valence-corrected chi connectivity index (χ2v) is 7.84. The lowest BCUT2D eigenvalue weighted by Gasteiger charge is -2.44. The van der Waals surface area contributed by atoms with Gasteiger partial charge in [-0.2, -0.15) is 14.8 Å². The number of rotatable bonds is 1. The van der Waals surface area contributed by atoms with Crippen molar-refractivity contribution in [1.82, 2.24) is 9.61 Å². The first-order valence-electron chi connectivity index (χ1n) is 8.64. The molecule has 27 heavy (non-hydrogen) atoms. The Labute approximate surface area is 155 Å². The number of benzene rings is 1. The van der Waals surface area contributed by atoms with Crippen molar-refractivity contribution >= 4 is 11.2 Å². The summed E-state index contributed by atoms with van der Waals surface area (Å²) in [5.74, 6) is -0.884. The van der Waals surface area contributed by atoms with E-state index in [-0.39, 0.29) is 11.4 Å². The SMILES string of the molecule is CC1(C)N=C(c2cnn3c(F)cc(C#N)c3c2)c2cccc(F)c2C1(C)C. The molecule has 6 heteroatoms. The van der Waals surface area contributed by atoms with Gasteiger partial charge in [0.15, 0.2) is 0 Å². The molecule has 0 fully saturated rings. The van der Waals surface area contributed by atoms with Crippen LogP contribution in [-0.2, 0) is 5.41 Å². The van der Waals surface area contributed by atoms with Gasteiger partial charge in [0.2, 0.25) is 5.95 Å². The highest BCUT2D eigenvalue weighted by atomic mass is 19.1. The molecule has 0 saturated heterocycles. The molecule has 136 valence electrons. The zero-order valence-electron chi connectivity index (χ0n) is 15.5. The number of aromatic nitrogens is 2. The highest BCUT2D eigenvalue weighted by Gasteiger charge is 2.45. The Morgan fingerprint density at radius 3 is 2.56 bits per heavy atom. The van der Waals surface area contributed by atoms with Gasteiger partial charge in [0, 0.05) is 28.2 Å². The second kappa shape index (κ2) is 5.46. The molecule has 3 aromatic rings. The van der Waals surface area contributed by atoms with Gasteiger partial charge in [-0.1, -0.05) is 26.0 Å². The van der Waals surface area contributed by atoms with Crippen molar-refractivity contribution in [2.24, 2.45) is 4.99 Å². The second-order valence-electron chi connectivity index (χ2n) is 7.84. The van der Waals surface area contributed by atoms with Crippen LogP contribution in [0.4, 0.5) is 8.78 Å². The Morgan fingerprint density at radius 2 is 1.85 bits per heavy atom. The summed E-state index contributed by atoms with van der Waals surface area (Å²) in [7, 11) is 0. The quantitative estimate of drug-likeness (QED) is 0.643. The van der Waals surface area contributed by atoms with Crippen molar-refractivity contribution in [1.29, 1.82) is 5.26 Å². The predicted molar refractivity (Wildman–Crippen MR) is 99.0 cm³/mol. The largest absolute Gasteiger partial charge is 0.277 e. The van der Waals surface area contributed by atoms with Crippen LogP contribution in [0.15, 0.2) is 41.5 Å². The van der Waals surface area contributed by atoms with Crippen molar-refractivity contribution in [2.75, 3.05) is 0 Å². The van der Waals surface area contributed by atoms with Crippen LogP contribution in [0.25, 0.3) is 5.52 Å². The van der Waals surface area contributed by atoms with E-state index in [0.29, 0.717) is 27.9 Å². The average Bonchev–Trinajstić information content (AvgIpc) is 2.93. The van der Waals surface area contributed by atoms with E-state index in [2.05, 4.69) is 5.10 Å². The van der Waals surface area contributed by atoms with E-state index in [1.54, 1.807) is 12.1 Å². The summed E-state index contributed by atoms with van der Waals surface area (Å²) in [5.41, 5.74) is 1.95. The van der Waals surface area contributed by atoms with Gasteiger partial charge >= 0.3 is 0 Å². The van der Waals surface area contributed by atoms with Crippen LogP contribution in [0.2, 0.25) is 0 Å². The zero-order chi connectivity index (χ0) is 19.6. The van der Waals surface area contributed by atoms with Crippen LogP contribution in [0.1, 0.15) is 49.9 Å². The Kier molecular flexibility index (Phi) is 3.51. The van der Waals surface area contributed by atoms with E-state index < -0.39 is 16.9 Å². The first-order valence-corrected chi connectivity index (χ1v) is 8.64. The highest BCUT2D eigenvalue weighted by molar-refractivity contribution is 6.15. The van der Waals surface area contributed by atoms with Crippen molar-refractivity contribution in [3.8, 4) is 6.07 Å². The maximum atomic E-state index is 14.8. The first-order chi connectivity index (χ1) is 12.7. The lowest BCUT2D eigenvalue weighted by Crippen LogP contribution is -2.46. The number of aliphatic imine (C=N–C) groups is 1. The van der Waals surface area contributed by atoms with E-state index in [0.717, 1.165) is 10.6 Å². The molecule has 1 aliphatic heterocycles. The molecule has 0 spiro atoms. The smallest absolute Gasteiger partial charge is 0.216 e. The molecule has 1 aliphatic rings. The molecule has 3 heterocycles. The number of nitrogens with zero attached hydrogens (tertiary/aromatic N) is 4. The number of hydrogen-bond acceptors (Lipinski definition) is 3. The Hall–Kier alpha value is -3.07. The first kappa shape index (κ1) is 17.3. The third-order valence-electron chi connectivity index (χ3n) is 5.78. The topological polar surface area (TPSA) is 53.5 Å². The van der Waals surface area contributed by atoms with Gasteiger partial charge in [0.05, 0.1) is 28.5 Å². The molecule has 0 radical (unpaired) electrons. The average molecular weight is 364 g/mol. The monoisotopic (exact) mass is 364 g/mol. The number of halogens is 2. The van der Waals surface area contributed by atoms with Gasteiger partial charge in [0.25, 0.3) is 0 Å². The maximum absolute atomic E-state index is 14.8. The summed E-state index contributed by atoms with van der Waals surface area (Å²) in [6, 6.07) is 9.75. The van der Waals surface area contributed by atoms with Crippen molar-refractivity contribution in [2.45, 2.75) is 38.6 Å². The van der Waals surface area contributed by atoms with Gasteiger partial charge in [-0.05, 0) is 26.0 Å². The summed E-state index contributed by atoms with van der Waals surface area (Å²) in [6.45, 7) is 7.89. The van der Waals surface area contributed by atoms with E-state index in [9.17, 15) is 14.0 Å². The molecule has 0 aliphatic carbocycles. The third-order valence-corrected chi connectivity index (χ3v) is 5.78. The highest BCUT2D eigenvalue weighted by Crippen LogP contribution is 2.45. The number of hydrogen-bond donors (Lipinski definition) is 0. The Morgan fingerprint density at radius 1 is 1.11 bits per heavy atom. The van der Waals surface area contributed by atoms with Crippen LogP contribution in [-0.4, -0.2) is 20.9 Å². The summed E-state index contributed by atoms with van der Waals surface area (Å²) in [4.78, 5) is 4.91. The summed E-state index contributed by atoms with van der Waals surface area (Å²) in [6.07, 6.45) is 1.50. The Bertz CT molecular complexity index is 1160. The van der Waals surface area contributed by atoms with E-state index in [1.165, 1.54) is 12.3 Å². The molecule has 2 aromatic heterocycles. The maximum Gasteiger partial charge on any atom is 0.216 e. The third kappa shape index (κ3) is 2.31. The van der Waals surface area contributed by atoms with Crippen LogP contribution in [0.3, 0.4) is 0 Å². The standard InChI is InChI=1S/C21H18F2N4/c1-20(2)18-14(6-5-7-15(18)22)19(26-21(20,3)4)13-8-16-12(10-24)9-17(23)27(16)25-11-13/h5-9,11H,1-4H3. The lowest BCUT2D eigenvalue weighted by atomic mass is 9.65. The molecule has 0 N–H and O–H groups in total. The van der Waals surface area contributed by atoms with Crippen LogP contribution < -0.4 is 0 Å². The Balaban J connectivity index is 2.02. The molecule has 0 atom stereocenters. The fourth-order valence-corrected chi connectivity index (χ4v) is 3.63. The van der Waals surface area contributed by atoms with Gasteiger partial charge in [-0.15, -0.1) is 0 Å². The van der Waals surface area contributed by atoms with Crippen molar-refractivity contribution in [3.05, 3.63) is 70.5 Å². The minimum atomic E-state index is -0.605. The van der Waals surface area contributed by atoms with Crippen LogP contribution in [0, 0.1) is 23.1 Å². The van der Waals surface area contributed by atoms with Gasteiger partial charge < -0.3 is 0 Å². The van der Waals surface area contributed by atoms with Gasteiger partial charge in [-0.3, -0.25) is 4.99 Å². The predicted octanol–water partition coefficient (Wildman–Crippen LogP) is 4.39. The van der Waals surface area contributed by atoms with E-state index >= 15 is 0 Å².